The lowest BCUT2D eigenvalue weighted by Gasteiger charge is -2.28. The van der Waals surface area contributed by atoms with Gasteiger partial charge in [0.15, 0.2) is 0 Å². The summed E-state index contributed by atoms with van der Waals surface area (Å²) in [5.41, 5.74) is 3.84. The van der Waals surface area contributed by atoms with Crippen LogP contribution in [0.3, 0.4) is 0 Å². The number of hydrogen-bond donors (Lipinski definition) is 3. The van der Waals surface area contributed by atoms with Crippen molar-refractivity contribution in [2.24, 2.45) is 5.92 Å². The van der Waals surface area contributed by atoms with E-state index in [9.17, 15) is 23.4 Å². The van der Waals surface area contributed by atoms with E-state index in [4.69, 9.17) is 0 Å². The largest absolute Gasteiger partial charge is 0.392 e. The SMILES string of the molecule is C=CCN1C[C@H](Cc2ccccc2)N(CC(O)CC(Cc2ccccc2)C(=O)NC2c3ccccc3CC2O)S1(=O)=O. The first-order valence-electron chi connectivity index (χ1n) is 14.5. The molecule has 0 aromatic heterocycles. The molecule has 1 fully saturated rings. The van der Waals surface area contributed by atoms with E-state index in [-0.39, 0.29) is 31.5 Å². The zero-order chi connectivity index (χ0) is 29.7. The second-order valence-corrected chi connectivity index (χ2v) is 13.1. The molecular weight excluding hydrogens is 550 g/mol. The van der Waals surface area contributed by atoms with Crippen LogP contribution in [0.4, 0.5) is 0 Å². The molecule has 1 heterocycles. The molecule has 8 nitrogen and oxygen atoms in total. The van der Waals surface area contributed by atoms with E-state index in [0.717, 1.165) is 22.3 Å². The Kier molecular flexibility index (Phi) is 9.55. The fourth-order valence-electron chi connectivity index (χ4n) is 6.18. The monoisotopic (exact) mass is 589 g/mol. The fourth-order valence-corrected chi connectivity index (χ4v) is 8.01. The van der Waals surface area contributed by atoms with Crippen molar-refractivity contribution in [2.45, 2.75) is 50.0 Å². The number of nitrogens with zero attached hydrogens (tertiary/aromatic N) is 2. The number of β-amino-alcohol motifs (C(OH)–C–C–N with tert-alkyl or cyclic N) is 1. The van der Waals surface area contributed by atoms with Crippen molar-refractivity contribution in [1.29, 1.82) is 0 Å². The first-order valence-corrected chi connectivity index (χ1v) is 15.9. The number of hydrogen-bond acceptors (Lipinski definition) is 5. The molecule has 9 heteroatoms. The maximum Gasteiger partial charge on any atom is 0.282 e. The van der Waals surface area contributed by atoms with Gasteiger partial charge in [0.1, 0.15) is 0 Å². The number of aliphatic hydroxyl groups excluding tert-OH is 2. The van der Waals surface area contributed by atoms with Crippen LogP contribution in [-0.4, -0.2) is 71.0 Å². The minimum atomic E-state index is -3.83. The molecule has 3 aromatic carbocycles. The van der Waals surface area contributed by atoms with Crippen molar-refractivity contribution < 1.29 is 23.4 Å². The number of carbonyl (C=O) groups excluding carboxylic acids is 1. The van der Waals surface area contributed by atoms with E-state index in [0.29, 0.717) is 25.8 Å². The smallest absolute Gasteiger partial charge is 0.282 e. The van der Waals surface area contributed by atoms with Crippen molar-refractivity contribution >= 4 is 16.1 Å². The van der Waals surface area contributed by atoms with Crippen LogP contribution in [-0.2, 0) is 34.3 Å². The molecule has 0 bridgehead atoms. The predicted octanol–water partition coefficient (Wildman–Crippen LogP) is 3.03. The first-order chi connectivity index (χ1) is 20.3. The topological polar surface area (TPSA) is 110 Å². The van der Waals surface area contributed by atoms with Crippen LogP contribution < -0.4 is 5.32 Å². The standard InChI is InChI=1S/C33H39N3O5S/c1-2-17-35-22-28(19-25-13-7-4-8-14-25)36(42(35,40)41)23-29(37)20-27(18-24-11-5-3-6-12-24)33(39)34-32-30-16-10-9-15-26(30)21-31(32)38/h2-16,27-29,31-32,37-38H,1,17-23H2,(H,34,39)/t27?,28-,29?,31?,32?/m0/s1. The lowest BCUT2D eigenvalue weighted by Crippen LogP contribution is -2.44. The normalized spacial score (nSPS) is 23.2. The van der Waals surface area contributed by atoms with Gasteiger partial charge in [-0.3, -0.25) is 4.79 Å². The number of aliphatic hydroxyl groups is 2. The van der Waals surface area contributed by atoms with Gasteiger partial charge in [-0.25, -0.2) is 0 Å². The molecule has 5 atom stereocenters. The highest BCUT2D eigenvalue weighted by molar-refractivity contribution is 7.87. The van der Waals surface area contributed by atoms with Gasteiger partial charge in [-0.2, -0.15) is 17.0 Å². The van der Waals surface area contributed by atoms with E-state index < -0.39 is 34.4 Å². The molecule has 3 N–H and O–H groups in total. The van der Waals surface area contributed by atoms with Crippen molar-refractivity contribution in [3.05, 3.63) is 120 Å². The van der Waals surface area contributed by atoms with Crippen LogP contribution in [0, 0.1) is 5.92 Å². The second kappa shape index (κ2) is 13.3. The molecule has 222 valence electrons. The summed E-state index contributed by atoms with van der Waals surface area (Å²) < 4.78 is 29.8. The summed E-state index contributed by atoms with van der Waals surface area (Å²) in [5, 5.41) is 25.1. The lowest BCUT2D eigenvalue weighted by atomic mass is 9.92. The van der Waals surface area contributed by atoms with E-state index in [1.54, 1.807) is 6.08 Å². The molecule has 2 aliphatic rings. The molecule has 0 spiro atoms. The Labute approximate surface area is 248 Å². The van der Waals surface area contributed by atoms with Gasteiger partial charge in [0.25, 0.3) is 10.2 Å². The summed E-state index contributed by atoms with van der Waals surface area (Å²) in [6.07, 6.45) is 1.15. The van der Waals surface area contributed by atoms with Crippen LogP contribution in [0.1, 0.15) is 34.7 Å². The van der Waals surface area contributed by atoms with Crippen LogP contribution in [0.25, 0.3) is 0 Å². The summed E-state index contributed by atoms with van der Waals surface area (Å²) in [6, 6.07) is 26.0. The lowest BCUT2D eigenvalue weighted by molar-refractivity contribution is -0.127. The summed E-state index contributed by atoms with van der Waals surface area (Å²) in [6.45, 7) is 4.06. The number of benzene rings is 3. The van der Waals surface area contributed by atoms with Crippen molar-refractivity contribution in [2.75, 3.05) is 19.6 Å². The fraction of sp³-hybridized carbons (Fsp3) is 0.364. The summed E-state index contributed by atoms with van der Waals surface area (Å²) in [5.74, 6) is -0.915. The number of nitrogens with one attached hydrogen (secondary N) is 1. The zero-order valence-electron chi connectivity index (χ0n) is 23.6. The number of amides is 1. The molecule has 1 saturated heterocycles. The molecule has 1 aliphatic heterocycles. The van der Waals surface area contributed by atoms with E-state index in [2.05, 4.69) is 11.9 Å². The maximum atomic E-state index is 13.7. The molecular formula is C33H39N3O5S. The highest BCUT2D eigenvalue weighted by atomic mass is 32.2. The van der Waals surface area contributed by atoms with E-state index in [1.165, 1.54) is 8.61 Å². The highest BCUT2D eigenvalue weighted by Crippen LogP contribution is 2.32. The summed E-state index contributed by atoms with van der Waals surface area (Å²) in [7, 11) is -3.83. The van der Waals surface area contributed by atoms with Gasteiger partial charge < -0.3 is 15.5 Å². The van der Waals surface area contributed by atoms with Crippen LogP contribution >= 0.6 is 0 Å². The summed E-state index contributed by atoms with van der Waals surface area (Å²) >= 11 is 0. The Morgan fingerprint density at radius 1 is 1.00 bits per heavy atom. The van der Waals surface area contributed by atoms with E-state index >= 15 is 0 Å². The molecule has 42 heavy (non-hydrogen) atoms. The van der Waals surface area contributed by atoms with E-state index in [1.807, 2.05) is 84.9 Å². The van der Waals surface area contributed by atoms with Crippen molar-refractivity contribution in [3.63, 3.8) is 0 Å². The summed E-state index contributed by atoms with van der Waals surface area (Å²) in [4.78, 5) is 13.7. The third kappa shape index (κ3) is 6.82. The molecule has 1 aliphatic carbocycles. The molecule has 4 unspecified atom stereocenters. The van der Waals surface area contributed by atoms with Gasteiger partial charge in [-0.05, 0) is 41.5 Å². The zero-order valence-corrected chi connectivity index (χ0v) is 24.4. The predicted molar refractivity (Wildman–Crippen MR) is 163 cm³/mol. The molecule has 3 aromatic rings. The number of carbonyl (C=O) groups is 1. The molecule has 5 rings (SSSR count). The minimum Gasteiger partial charge on any atom is -0.392 e. The maximum absolute atomic E-state index is 13.7. The molecule has 0 radical (unpaired) electrons. The number of fused-ring (bicyclic) bond motifs is 1. The Balaban J connectivity index is 1.34. The van der Waals surface area contributed by atoms with Crippen molar-refractivity contribution in [1.82, 2.24) is 13.9 Å². The first kappa shape index (κ1) is 30.1. The minimum absolute atomic E-state index is 0.0662. The van der Waals surface area contributed by atoms with Gasteiger partial charge in [-0.1, -0.05) is 91.0 Å². The van der Waals surface area contributed by atoms with Crippen LogP contribution in [0.5, 0.6) is 0 Å². The number of rotatable bonds is 12. The third-order valence-corrected chi connectivity index (χ3v) is 10.2. The van der Waals surface area contributed by atoms with Gasteiger partial charge >= 0.3 is 0 Å². The average Bonchev–Trinajstić information content (AvgIpc) is 3.41. The Morgan fingerprint density at radius 2 is 1.64 bits per heavy atom. The average molecular weight is 590 g/mol. The van der Waals surface area contributed by atoms with Gasteiger partial charge in [0.2, 0.25) is 5.91 Å². The Morgan fingerprint density at radius 3 is 2.33 bits per heavy atom. The van der Waals surface area contributed by atoms with Crippen molar-refractivity contribution in [3.8, 4) is 0 Å². The second-order valence-electron chi connectivity index (χ2n) is 11.3. The molecule has 1 amide bonds. The van der Waals surface area contributed by atoms with Gasteiger partial charge in [-0.15, -0.1) is 6.58 Å². The third-order valence-electron chi connectivity index (χ3n) is 8.24. The Hall–Kier alpha value is -3.34. The Bertz CT molecular complexity index is 1470. The van der Waals surface area contributed by atoms with Gasteiger partial charge in [0, 0.05) is 38.0 Å². The van der Waals surface area contributed by atoms with Crippen LogP contribution in [0.15, 0.2) is 97.6 Å². The van der Waals surface area contributed by atoms with Gasteiger partial charge in [0.05, 0.1) is 18.2 Å². The molecule has 0 saturated carbocycles. The highest BCUT2D eigenvalue weighted by Gasteiger charge is 2.44. The van der Waals surface area contributed by atoms with Crippen LogP contribution in [0.2, 0.25) is 0 Å². The quantitative estimate of drug-likeness (QED) is 0.282.